The molecule has 0 radical (unpaired) electrons. The summed E-state index contributed by atoms with van der Waals surface area (Å²) in [4.78, 5) is 69.8. The molecule has 0 spiro atoms. The number of carbonyl (C=O) groups excluding carboxylic acids is 2. The van der Waals surface area contributed by atoms with E-state index in [1.807, 2.05) is 5.32 Å². The third-order valence-corrected chi connectivity index (χ3v) is 5.86. The van der Waals surface area contributed by atoms with Gasteiger partial charge >= 0.3 is 29.9 Å². The van der Waals surface area contributed by atoms with Crippen molar-refractivity contribution in [3.05, 3.63) is 41.2 Å². The van der Waals surface area contributed by atoms with Crippen molar-refractivity contribution in [1.29, 1.82) is 0 Å². The van der Waals surface area contributed by atoms with Crippen LogP contribution in [0.1, 0.15) is 64.9 Å². The lowest BCUT2D eigenvalue weighted by Crippen LogP contribution is -2.51. The van der Waals surface area contributed by atoms with Gasteiger partial charge in [0.2, 0.25) is 0 Å². The molecule has 0 aliphatic rings. The molecule has 17 heteroatoms. The number of benzene rings is 1. The zero-order chi connectivity index (χ0) is 31.2. The fraction of sp³-hybridized carbons (Fsp3) is 0.440. The smallest absolute Gasteiger partial charge is 0.335 e. The second kappa shape index (κ2) is 16.2. The van der Waals surface area contributed by atoms with Crippen LogP contribution in [0.15, 0.2) is 24.4 Å². The Morgan fingerprint density at radius 2 is 1.50 bits per heavy atom. The summed E-state index contributed by atoms with van der Waals surface area (Å²) in [5.74, 6) is -6.01. The fourth-order valence-electron chi connectivity index (χ4n) is 3.70. The Labute approximate surface area is 237 Å². The number of nitrogens with one attached hydrogen (secondary N) is 3. The molecule has 7 N–H and O–H groups in total. The normalized spacial score (nSPS) is 12.1. The fourth-order valence-corrected chi connectivity index (χ4v) is 3.70. The van der Waals surface area contributed by atoms with Gasteiger partial charge in [0.15, 0.2) is 0 Å². The number of carboxylic acid groups (broad SMARTS) is 4. The highest BCUT2D eigenvalue weighted by molar-refractivity contribution is 5.98. The number of carboxylic acids is 4. The summed E-state index contributed by atoms with van der Waals surface area (Å²) in [5, 5.41) is 51.2. The van der Waals surface area contributed by atoms with E-state index in [1.165, 1.54) is 29.1 Å². The maximum atomic E-state index is 12.7. The number of amides is 3. The van der Waals surface area contributed by atoms with Crippen molar-refractivity contribution in [1.82, 2.24) is 30.9 Å². The third-order valence-electron chi connectivity index (χ3n) is 5.86. The summed E-state index contributed by atoms with van der Waals surface area (Å²) >= 11 is 0. The van der Waals surface area contributed by atoms with E-state index in [2.05, 4.69) is 20.9 Å². The highest BCUT2D eigenvalue weighted by Crippen LogP contribution is 2.15. The lowest BCUT2D eigenvalue weighted by molar-refractivity contribution is -0.140. The molecule has 3 amide bonds. The SMILES string of the molecule is O=C(O)CC[C@H](NC(=O)N[C@@H](CCCCNC(=O)c1cc(C(=O)O)cc(-n2cc(CCCF)nn2)c1)C(=O)O)C(=O)O. The molecule has 1 heterocycles. The largest absolute Gasteiger partial charge is 0.481 e. The van der Waals surface area contributed by atoms with Crippen LogP contribution in [-0.2, 0) is 20.8 Å². The van der Waals surface area contributed by atoms with Crippen LogP contribution >= 0.6 is 0 Å². The number of halogens is 1. The highest BCUT2D eigenvalue weighted by atomic mass is 19.1. The Bertz CT molecular complexity index is 1300. The van der Waals surface area contributed by atoms with Crippen LogP contribution in [0.3, 0.4) is 0 Å². The van der Waals surface area contributed by atoms with E-state index in [4.69, 9.17) is 10.2 Å². The Morgan fingerprint density at radius 3 is 2.10 bits per heavy atom. The molecule has 1 aromatic heterocycles. The zero-order valence-corrected chi connectivity index (χ0v) is 22.3. The average Bonchev–Trinajstić information content (AvgIpc) is 3.41. The molecule has 42 heavy (non-hydrogen) atoms. The predicted molar refractivity (Wildman–Crippen MR) is 140 cm³/mol. The minimum Gasteiger partial charge on any atom is -0.481 e. The van der Waals surface area contributed by atoms with E-state index in [1.54, 1.807) is 0 Å². The number of aromatic carboxylic acids is 1. The molecule has 0 fully saturated rings. The van der Waals surface area contributed by atoms with Gasteiger partial charge in [0.25, 0.3) is 5.91 Å². The summed E-state index contributed by atoms with van der Waals surface area (Å²) in [5.41, 5.74) is 0.579. The van der Waals surface area contributed by atoms with E-state index >= 15 is 0 Å². The number of carbonyl (C=O) groups is 6. The van der Waals surface area contributed by atoms with Crippen molar-refractivity contribution < 1.29 is 53.6 Å². The summed E-state index contributed by atoms with van der Waals surface area (Å²) in [6, 6.07) is -0.136. The van der Waals surface area contributed by atoms with Gasteiger partial charge in [-0.15, -0.1) is 5.10 Å². The van der Waals surface area contributed by atoms with Gasteiger partial charge in [-0.2, -0.15) is 0 Å². The molecular weight excluding hydrogens is 563 g/mol. The van der Waals surface area contributed by atoms with Crippen LogP contribution in [0.4, 0.5) is 9.18 Å². The molecule has 2 rings (SSSR count). The van der Waals surface area contributed by atoms with Gasteiger partial charge in [-0.05, 0) is 56.7 Å². The number of alkyl halides is 1. The van der Waals surface area contributed by atoms with Crippen molar-refractivity contribution in [3.8, 4) is 5.69 Å². The van der Waals surface area contributed by atoms with E-state index in [-0.39, 0.29) is 49.0 Å². The number of unbranched alkanes of at least 4 members (excludes halogenated alkanes) is 1. The second-order valence-corrected chi connectivity index (χ2v) is 9.10. The van der Waals surface area contributed by atoms with Crippen molar-refractivity contribution in [3.63, 3.8) is 0 Å². The van der Waals surface area contributed by atoms with Gasteiger partial charge in [-0.1, -0.05) is 5.21 Å². The van der Waals surface area contributed by atoms with Gasteiger partial charge in [-0.3, -0.25) is 14.0 Å². The lowest BCUT2D eigenvalue weighted by Gasteiger charge is -2.18. The Balaban J connectivity index is 1.92. The van der Waals surface area contributed by atoms with Crippen LogP contribution in [0.2, 0.25) is 0 Å². The van der Waals surface area contributed by atoms with Crippen molar-refractivity contribution in [2.24, 2.45) is 0 Å². The Kier molecular flexibility index (Phi) is 12.8. The Hall–Kier alpha value is -5.09. The van der Waals surface area contributed by atoms with Gasteiger partial charge in [0.05, 0.1) is 29.8 Å². The van der Waals surface area contributed by atoms with E-state index in [9.17, 15) is 43.4 Å². The minimum absolute atomic E-state index is 0.0170. The molecule has 228 valence electrons. The number of aromatic nitrogens is 3. The first-order valence-corrected chi connectivity index (χ1v) is 12.8. The van der Waals surface area contributed by atoms with Crippen LogP contribution in [0, 0.1) is 0 Å². The van der Waals surface area contributed by atoms with Gasteiger partial charge in [0, 0.05) is 18.5 Å². The first-order chi connectivity index (χ1) is 19.9. The number of aliphatic carboxylic acids is 3. The number of hydrogen-bond donors (Lipinski definition) is 7. The first kappa shape index (κ1) is 33.1. The number of rotatable bonds is 18. The summed E-state index contributed by atoms with van der Waals surface area (Å²) in [7, 11) is 0. The number of hydrogen-bond acceptors (Lipinski definition) is 8. The maximum Gasteiger partial charge on any atom is 0.335 e. The van der Waals surface area contributed by atoms with E-state index < -0.39 is 67.4 Å². The molecule has 0 bridgehead atoms. The summed E-state index contributed by atoms with van der Waals surface area (Å²) in [6.07, 6.45) is 1.61. The molecular formula is C25H31FN6O10. The quantitative estimate of drug-likeness (QED) is 0.119. The standard InChI is InChI=1S/C25H31FN6O10/c26-8-3-4-16-13-32(31-30-16)17-11-14(10-15(12-17)22(36)37)21(35)27-9-2-1-5-18(23(38)39)28-25(42)29-19(24(40)41)6-7-20(33)34/h10-13,18-19H,1-9H2,(H,27,35)(H,33,34)(H,36,37)(H,38,39)(H,40,41)(H2,28,29,42)/t18-,19-/m0/s1. The minimum atomic E-state index is -1.53. The first-order valence-electron chi connectivity index (χ1n) is 12.8. The molecule has 0 aliphatic carbocycles. The topological polar surface area (TPSA) is 250 Å². The molecule has 16 nitrogen and oxygen atoms in total. The maximum absolute atomic E-state index is 12.7. The number of nitrogens with zero attached hydrogens (tertiary/aromatic N) is 3. The molecule has 2 atom stereocenters. The van der Waals surface area contributed by atoms with E-state index in [0.717, 1.165) is 0 Å². The van der Waals surface area contributed by atoms with Gasteiger partial charge in [0.1, 0.15) is 12.1 Å². The summed E-state index contributed by atoms with van der Waals surface area (Å²) < 4.78 is 13.7. The Morgan fingerprint density at radius 1 is 0.857 bits per heavy atom. The summed E-state index contributed by atoms with van der Waals surface area (Å²) in [6.45, 7) is -0.450. The van der Waals surface area contributed by atoms with Crippen LogP contribution in [0.25, 0.3) is 5.69 Å². The lowest BCUT2D eigenvalue weighted by atomic mass is 10.1. The molecule has 0 unspecified atom stereocenters. The van der Waals surface area contributed by atoms with Crippen LogP contribution in [-0.4, -0.2) is 96.5 Å². The van der Waals surface area contributed by atoms with Crippen LogP contribution < -0.4 is 16.0 Å². The van der Waals surface area contributed by atoms with Crippen molar-refractivity contribution in [2.75, 3.05) is 13.2 Å². The molecule has 2 aromatic rings. The number of urea groups is 1. The monoisotopic (exact) mass is 594 g/mol. The number of aryl methyl sites for hydroxylation is 1. The van der Waals surface area contributed by atoms with Crippen molar-refractivity contribution >= 4 is 35.8 Å². The molecule has 0 aliphatic heterocycles. The third kappa shape index (κ3) is 10.8. The second-order valence-electron chi connectivity index (χ2n) is 9.10. The van der Waals surface area contributed by atoms with Gasteiger partial charge in [-0.25, -0.2) is 23.9 Å². The van der Waals surface area contributed by atoms with Gasteiger partial charge < -0.3 is 36.4 Å². The molecule has 0 saturated heterocycles. The highest BCUT2D eigenvalue weighted by Gasteiger charge is 2.25. The molecule has 1 aromatic carbocycles. The molecule has 0 saturated carbocycles. The average molecular weight is 595 g/mol. The zero-order valence-electron chi connectivity index (χ0n) is 22.3. The predicted octanol–water partition coefficient (Wildman–Crippen LogP) is 0.838. The van der Waals surface area contributed by atoms with Crippen LogP contribution in [0.5, 0.6) is 0 Å². The van der Waals surface area contributed by atoms with Crippen molar-refractivity contribution in [2.45, 2.75) is 57.0 Å². The van der Waals surface area contributed by atoms with E-state index in [0.29, 0.717) is 12.1 Å².